The maximum Gasteiger partial charge on any atom is 0.246 e. The first kappa shape index (κ1) is 11.2. The van der Waals surface area contributed by atoms with Crippen LogP contribution in [0.3, 0.4) is 0 Å². The molecule has 1 unspecified atom stereocenters. The first-order chi connectivity index (χ1) is 8.28. The lowest BCUT2D eigenvalue weighted by atomic mass is 9.98. The summed E-state index contributed by atoms with van der Waals surface area (Å²) in [7, 11) is 0. The molecule has 0 bridgehead atoms. The lowest BCUT2D eigenvalue weighted by molar-refractivity contribution is 0.0830. The largest absolute Gasteiger partial charge is 0.381 e. The van der Waals surface area contributed by atoms with Gasteiger partial charge in [0.2, 0.25) is 5.89 Å². The molecule has 1 aromatic heterocycles. The van der Waals surface area contributed by atoms with Crippen molar-refractivity contribution in [1.82, 2.24) is 15.5 Å². The lowest BCUT2D eigenvalue weighted by Crippen LogP contribution is -2.33. The minimum absolute atomic E-state index is 0.115. The smallest absolute Gasteiger partial charge is 0.246 e. The van der Waals surface area contributed by atoms with Gasteiger partial charge in [-0.1, -0.05) is 5.16 Å². The van der Waals surface area contributed by atoms with Crippen LogP contribution < -0.4 is 5.32 Å². The molecule has 1 aromatic rings. The first-order valence-electron chi connectivity index (χ1n) is 6.45. The Kier molecular flexibility index (Phi) is 2.88. The second-order valence-corrected chi connectivity index (χ2v) is 5.21. The van der Waals surface area contributed by atoms with Gasteiger partial charge in [0.25, 0.3) is 0 Å². The lowest BCUT2D eigenvalue weighted by Gasteiger charge is -2.19. The van der Waals surface area contributed by atoms with Crippen molar-refractivity contribution in [3.05, 3.63) is 11.7 Å². The molecule has 5 heteroatoms. The average Bonchev–Trinajstić information content (AvgIpc) is 2.99. The van der Waals surface area contributed by atoms with Gasteiger partial charge in [0.1, 0.15) is 0 Å². The van der Waals surface area contributed by atoms with E-state index in [-0.39, 0.29) is 5.54 Å². The number of hydrogen-bond donors (Lipinski definition) is 1. The molecule has 2 fully saturated rings. The highest BCUT2D eigenvalue weighted by Crippen LogP contribution is 2.31. The Morgan fingerprint density at radius 2 is 2.18 bits per heavy atom. The molecular weight excluding hydrogens is 218 g/mol. The van der Waals surface area contributed by atoms with Crippen LogP contribution in [0.1, 0.15) is 50.2 Å². The summed E-state index contributed by atoms with van der Waals surface area (Å²) in [6.45, 7) is 4.79. The fraction of sp³-hybridized carbons (Fsp3) is 0.833. The molecule has 1 N–H and O–H groups in total. The number of ether oxygens (including phenoxy) is 1. The molecule has 3 rings (SSSR count). The summed E-state index contributed by atoms with van der Waals surface area (Å²) in [6, 6.07) is 0. The SMILES string of the molecule is CC1(c2nc(C3CCOCC3)no2)CCCN1. The molecule has 5 nitrogen and oxygen atoms in total. The number of rotatable bonds is 2. The third kappa shape index (κ3) is 2.09. The van der Waals surface area contributed by atoms with Crippen molar-refractivity contribution < 1.29 is 9.26 Å². The van der Waals surface area contributed by atoms with Crippen LogP contribution in [0.25, 0.3) is 0 Å². The normalized spacial score (nSPS) is 30.9. The van der Waals surface area contributed by atoms with E-state index in [1.54, 1.807) is 0 Å². The number of aromatic nitrogens is 2. The highest BCUT2D eigenvalue weighted by molar-refractivity contribution is 5.06. The summed E-state index contributed by atoms with van der Waals surface area (Å²) in [5.41, 5.74) is -0.115. The van der Waals surface area contributed by atoms with Crippen molar-refractivity contribution in [2.24, 2.45) is 0 Å². The zero-order valence-electron chi connectivity index (χ0n) is 10.2. The van der Waals surface area contributed by atoms with Crippen LogP contribution in [0.4, 0.5) is 0 Å². The van der Waals surface area contributed by atoms with Gasteiger partial charge in [0.15, 0.2) is 5.82 Å². The summed E-state index contributed by atoms with van der Waals surface area (Å²) in [4.78, 5) is 4.59. The predicted molar refractivity (Wildman–Crippen MR) is 61.7 cm³/mol. The molecule has 0 spiro atoms. The van der Waals surface area contributed by atoms with E-state index in [0.29, 0.717) is 5.92 Å². The monoisotopic (exact) mass is 237 g/mol. The van der Waals surface area contributed by atoms with E-state index in [0.717, 1.165) is 50.7 Å². The molecule has 17 heavy (non-hydrogen) atoms. The van der Waals surface area contributed by atoms with Gasteiger partial charge >= 0.3 is 0 Å². The standard InChI is InChI=1S/C12H19N3O2/c1-12(5-2-6-13-12)11-14-10(15-17-11)9-3-7-16-8-4-9/h9,13H,2-8H2,1H3. The Hall–Kier alpha value is -0.940. The fourth-order valence-electron chi connectivity index (χ4n) is 2.66. The average molecular weight is 237 g/mol. The van der Waals surface area contributed by atoms with E-state index in [1.807, 2.05) is 0 Å². The van der Waals surface area contributed by atoms with Gasteiger partial charge in [-0.2, -0.15) is 4.98 Å². The molecule has 3 heterocycles. The second kappa shape index (κ2) is 4.38. The molecule has 1 atom stereocenters. The molecule has 2 aliphatic rings. The van der Waals surface area contributed by atoms with Crippen molar-refractivity contribution in [3.8, 4) is 0 Å². The third-order valence-electron chi connectivity index (χ3n) is 3.87. The maximum absolute atomic E-state index is 5.44. The Labute approximate surface area is 101 Å². The molecule has 0 saturated carbocycles. The number of nitrogens with one attached hydrogen (secondary N) is 1. The third-order valence-corrected chi connectivity index (χ3v) is 3.87. The Balaban J connectivity index is 1.77. The molecule has 0 radical (unpaired) electrons. The van der Waals surface area contributed by atoms with Gasteiger partial charge in [0, 0.05) is 19.1 Å². The summed E-state index contributed by atoms with van der Waals surface area (Å²) in [5.74, 6) is 2.01. The minimum atomic E-state index is -0.115. The van der Waals surface area contributed by atoms with Crippen LogP contribution in [-0.2, 0) is 10.3 Å². The molecule has 2 saturated heterocycles. The Bertz CT molecular complexity index is 379. The molecule has 0 amide bonds. The van der Waals surface area contributed by atoms with E-state index < -0.39 is 0 Å². The molecule has 94 valence electrons. The maximum atomic E-state index is 5.44. The van der Waals surface area contributed by atoms with Gasteiger partial charge in [0.05, 0.1) is 5.54 Å². The van der Waals surface area contributed by atoms with Crippen LogP contribution in [0, 0.1) is 0 Å². The van der Waals surface area contributed by atoms with E-state index in [2.05, 4.69) is 22.4 Å². The van der Waals surface area contributed by atoms with Crippen LogP contribution >= 0.6 is 0 Å². The van der Waals surface area contributed by atoms with Crippen LogP contribution in [0.15, 0.2) is 4.52 Å². The van der Waals surface area contributed by atoms with Gasteiger partial charge in [-0.3, -0.25) is 0 Å². The predicted octanol–water partition coefficient (Wildman–Crippen LogP) is 1.56. The van der Waals surface area contributed by atoms with E-state index >= 15 is 0 Å². The van der Waals surface area contributed by atoms with E-state index in [1.165, 1.54) is 6.42 Å². The number of nitrogens with zero attached hydrogens (tertiary/aromatic N) is 2. The topological polar surface area (TPSA) is 60.2 Å². The summed E-state index contributed by atoms with van der Waals surface area (Å²) in [6.07, 6.45) is 4.25. The molecule has 0 aliphatic carbocycles. The Morgan fingerprint density at radius 3 is 2.88 bits per heavy atom. The molecular formula is C12H19N3O2. The molecule has 2 aliphatic heterocycles. The van der Waals surface area contributed by atoms with Gasteiger partial charge < -0.3 is 14.6 Å². The zero-order valence-corrected chi connectivity index (χ0v) is 10.2. The second-order valence-electron chi connectivity index (χ2n) is 5.21. The number of hydrogen-bond acceptors (Lipinski definition) is 5. The quantitative estimate of drug-likeness (QED) is 0.846. The van der Waals surface area contributed by atoms with E-state index in [4.69, 9.17) is 9.26 Å². The van der Waals surface area contributed by atoms with Crippen molar-refractivity contribution in [2.45, 2.75) is 44.1 Å². The summed E-state index contributed by atoms with van der Waals surface area (Å²) >= 11 is 0. The Morgan fingerprint density at radius 1 is 1.35 bits per heavy atom. The van der Waals surface area contributed by atoms with Gasteiger partial charge in [-0.05, 0) is 39.2 Å². The van der Waals surface area contributed by atoms with E-state index in [9.17, 15) is 0 Å². The van der Waals surface area contributed by atoms with Gasteiger partial charge in [-0.15, -0.1) is 0 Å². The van der Waals surface area contributed by atoms with Gasteiger partial charge in [-0.25, -0.2) is 0 Å². The minimum Gasteiger partial charge on any atom is -0.381 e. The fourth-order valence-corrected chi connectivity index (χ4v) is 2.66. The van der Waals surface area contributed by atoms with Crippen LogP contribution in [0.2, 0.25) is 0 Å². The highest BCUT2D eigenvalue weighted by atomic mass is 16.5. The highest BCUT2D eigenvalue weighted by Gasteiger charge is 2.36. The first-order valence-corrected chi connectivity index (χ1v) is 6.45. The van der Waals surface area contributed by atoms with Crippen molar-refractivity contribution in [3.63, 3.8) is 0 Å². The summed E-state index contributed by atoms with van der Waals surface area (Å²) in [5, 5.41) is 7.59. The van der Waals surface area contributed by atoms with Crippen LogP contribution in [-0.4, -0.2) is 29.9 Å². The summed E-state index contributed by atoms with van der Waals surface area (Å²) < 4.78 is 10.8. The van der Waals surface area contributed by atoms with Crippen LogP contribution in [0.5, 0.6) is 0 Å². The van der Waals surface area contributed by atoms with Crippen molar-refractivity contribution >= 4 is 0 Å². The van der Waals surface area contributed by atoms with Crippen molar-refractivity contribution in [1.29, 1.82) is 0 Å². The molecule has 0 aromatic carbocycles. The van der Waals surface area contributed by atoms with Crippen molar-refractivity contribution in [2.75, 3.05) is 19.8 Å². The zero-order chi connectivity index (χ0) is 11.7.